The third-order valence-electron chi connectivity index (χ3n) is 5.32. The lowest BCUT2D eigenvalue weighted by Crippen LogP contribution is -2.51. The van der Waals surface area contributed by atoms with Crippen molar-refractivity contribution in [3.8, 4) is 0 Å². The molecule has 0 bridgehead atoms. The van der Waals surface area contributed by atoms with E-state index >= 15 is 0 Å². The first-order valence-corrected chi connectivity index (χ1v) is 8.25. The first-order valence-electron chi connectivity index (χ1n) is 8.25. The molecule has 3 nitrogen and oxygen atoms in total. The second kappa shape index (κ2) is 5.34. The maximum absolute atomic E-state index is 10.3. The molecule has 1 heterocycles. The van der Waals surface area contributed by atoms with Gasteiger partial charge in [-0.15, -0.1) is 0 Å². The molecule has 2 saturated carbocycles. The summed E-state index contributed by atoms with van der Waals surface area (Å²) in [6.07, 6.45) is 10.4. The molecule has 0 spiro atoms. The van der Waals surface area contributed by atoms with E-state index < -0.39 is 5.60 Å². The first-order chi connectivity index (χ1) is 9.07. The van der Waals surface area contributed by atoms with Crippen LogP contribution in [0.2, 0.25) is 0 Å². The first kappa shape index (κ1) is 13.8. The van der Waals surface area contributed by atoms with Gasteiger partial charge in [-0.25, -0.2) is 0 Å². The van der Waals surface area contributed by atoms with Gasteiger partial charge >= 0.3 is 0 Å². The van der Waals surface area contributed by atoms with E-state index in [0.29, 0.717) is 5.41 Å². The van der Waals surface area contributed by atoms with Crippen molar-refractivity contribution in [3.63, 3.8) is 0 Å². The Hall–Kier alpha value is -0.120. The zero-order valence-corrected chi connectivity index (χ0v) is 12.5. The molecule has 1 aliphatic heterocycles. The molecule has 1 atom stereocenters. The Morgan fingerprint density at radius 1 is 1.16 bits per heavy atom. The van der Waals surface area contributed by atoms with Crippen LogP contribution in [0.1, 0.15) is 58.3 Å². The second-order valence-corrected chi connectivity index (χ2v) is 7.67. The minimum absolute atomic E-state index is 0.456. The lowest BCUT2D eigenvalue weighted by molar-refractivity contribution is -0.0281. The van der Waals surface area contributed by atoms with Crippen molar-refractivity contribution in [1.29, 1.82) is 0 Å². The molecule has 1 unspecified atom stereocenters. The summed E-state index contributed by atoms with van der Waals surface area (Å²) in [5.41, 5.74) is 0.0397. The molecule has 3 fully saturated rings. The van der Waals surface area contributed by atoms with Crippen LogP contribution < -0.4 is 5.32 Å². The minimum atomic E-state index is -0.456. The van der Waals surface area contributed by atoms with Gasteiger partial charge in [0.05, 0.1) is 5.60 Å². The largest absolute Gasteiger partial charge is 0.389 e. The van der Waals surface area contributed by atoms with E-state index in [4.69, 9.17) is 0 Å². The molecule has 2 N–H and O–H groups in total. The zero-order valence-electron chi connectivity index (χ0n) is 12.5. The van der Waals surface area contributed by atoms with Crippen molar-refractivity contribution in [2.75, 3.05) is 26.2 Å². The third kappa shape index (κ3) is 3.71. The van der Waals surface area contributed by atoms with Crippen LogP contribution in [0, 0.1) is 5.41 Å². The second-order valence-electron chi connectivity index (χ2n) is 7.67. The zero-order chi connectivity index (χ0) is 13.3. The number of likely N-dealkylation sites (tertiary alicyclic amines) is 1. The van der Waals surface area contributed by atoms with Gasteiger partial charge in [-0.1, -0.05) is 12.8 Å². The normalized spacial score (nSPS) is 35.7. The predicted molar refractivity (Wildman–Crippen MR) is 78.2 cm³/mol. The van der Waals surface area contributed by atoms with Crippen LogP contribution in [-0.4, -0.2) is 47.8 Å². The summed E-state index contributed by atoms with van der Waals surface area (Å²) in [6, 6.07) is 0.821. The van der Waals surface area contributed by atoms with Crippen molar-refractivity contribution in [1.82, 2.24) is 10.2 Å². The van der Waals surface area contributed by atoms with E-state index in [2.05, 4.69) is 10.2 Å². The molecular formula is C16H30N2O. The Morgan fingerprint density at radius 3 is 2.53 bits per heavy atom. The standard InChI is InChI=1S/C16H30N2O/c1-15(19)7-4-10-18(12-15)13-16(8-2-3-9-16)11-17-14-5-6-14/h14,17,19H,2-13H2,1H3. The Labute approximate surface area is 117 Å². The van der Waals surface area contributed by atoms with Crippen molar-refractivity contribution in [3.05, 3.63) is 0 Å². The van der Waals surface area contributed by atoms with Crippen LogP contribution in [0.5, 0.6) is 0 Å². The van der Waals surface area contributed by atoms with Gasteiger partial charge in [0, 0.05) is 25.7 Å². The highest BCUT2D eigenvalue weighted by molar-refractivity contribution is 4.94. The Bertz CT molecular complexity index is 306. The lowest BCUT2D eigenvalue weighted by Gasteiger charge is -2.42. The average molecular weight is 266 g/mol. The fourth-order valence-corrected chi connectivity index (χ4v) is 4.10. The predicted octanol–water partition coefficient (Wildman–Crippen LogP) is 2.15. The highest BCUT2D eigenvalue weighted by Gasteiger charge is 2.39. The summed E-state index contributed by atoms with van der Waals surface area (Å²) in [5.74, 6) is 0. The van der Waals surface area contributed by atoms with Crippen LogP contribution >= 0.6 is 0 Å². The SMILES string of the molecule is CC1(O)CCCN(CC2(CNC3CC3)CCCC2)C1. The van der Waals surface area contributed by atoms with Crippen LogP contribution in [0.25, 0.3) is 0 Å². The number of hydrogen-bond acceptors (Lipinski definition) is 3. The van der Waals surface area contributed by atoms with Crippen LogP contribution in [0.4, 0.5) is 0 Å². The minimum Gasteiger partial charge on any atom is -0.389 e. The fourth-order valence-electron chi connectivity index (χ4n) is 4.10. The van der Waals surface area contributed by atoms with Gasteiger partial charge in [0.25, 0.3) is 0 Å². The number of nitrogens with zero attached hydrogens (tertiary/aromatic N) is 1. The molecule has 110 valence electrons. The number of hydrogen-bond donors (Lipinski definition) is 2. The van der Waals surface area contributed by atoms with Crippen LogP contribution in [-0.2, 0) is 0 Å². The third-order valence-corrected chi connectivity index (χ3v) is 5.32. The molecule has 0 aromatic rings. The molecule has 3 heteroatoms. The number of piperidine rings is 1. The summed E-state index contributed by atoms with van der Waals surface area (Å²) in [4.78, 5) is 2.53. The molecule has 2 aliphatic carbocycles. The number of β-amino-alcohol motifs (C(OH)–C–C–N with tert-alkyl or cyclic N) is 1. The Kier molecular flexibility index (Phi) is 3.89. The molecular weight excluding hydrogens is 236 g/mol. The highest BCUT2D eigenvalue weighted by atomic mass is 16.3. The Morgan fingerprint density at radius 2 is 1.89 bits per heavy atom. The van der Waals surface area contributed by atoms with Crippen molar-refractivity contribution in [2.24, 2.45) is 5.41 Å². The van der Waals surface area contributed by atoms with E-state index in [1.54, 1.807) is 0 Å². The van der Waals surface area contributed by atoms with Gasteiger partial charge in [0.1, 0.15) is 0 Å². The van der Waals surface area contributed by atoms with Crippen molar-refractivity contribution < 1.29 is 5.11 Å². The Balaban J connectivity index is 1.57. The van der Waals surface area contributed by atoms with Gasteiger partial charge in [0.2, 0.25) is 0 Å². The molecule has 3 rings (SSSR count). The monoisotopic (exact) mass is 266 g/mol. The summed E-state index contributed by atoms with van der Waals surface area (Å²) in [5, 5.41) is 14.0. The smallest absolute Gasteiger partial charge is 0.0746 e. The molecule has 0 aromatic carbocycles. The van der Waals surface area contributed by atoms with Crippen LogP contribution in [0.3, 0.4) is 0 Å². The maximum Gasteiger partial charge on any atom is 0.0746 e. The van der Waals surface area contributed by atoms with Gasteiger partial charge in [-0.3, -0.25) is 4.90 Å². The van der Waals surface area contributed by atoms with E-state index in [9.17, 15) is 5.11 Å². The number of rotatable bonds is 5. The van der Waals surface area contributed by atoms with Gasteiger partial charge in [0.15, 0.2) is 0 Å². The van der Waals surface area contributed by atoms with Gasteiger partial charge in [-0.2, -0.15) is 0 Å². The quantitative estimate of drug-likeness (QED) is 0.800. The molecule has 0 amide bonds. The summed E-state index contributed by atoms with van der Waals surface area (Å²) in [7, 11) is 0. The number of nitrogens with one attached hydrogen (secondary N) is 1. The van der Waals surface area contributed by atoms with E-state index in [1.165, 1.54) is 58.2 Å². The van der Waals surface area contributed by atoms with Crippen molar-refractivity contribution in [2.45, 2.75) is 69.9 Å². The van der Waals surface area contributed by atoms with E-state index in [1.807, 2.05) is 6.92 Å². The molecule has 19 heavy (non-hydrogen) atoms. The number of aliphatic hydroxyl groups is 1. The maximum atomic E-state index is 10.3. The fraction of sp³-hybridized carbons (Fsp3) is 1.00. The van der Waals surface area contributed by atoms with Crippen molar-refractivity contribution >= 4 is 0 Å². The molecule has 1 saturated heterocycles. The molecule has 0 aromatic heterocycles. The lowest BCUT2D eigenvalue weighted by atomic mass is 9.83. The highest BCUT2D eigenvalue weighted by Crippen LogP contribution is 2.40. The van der Waals surface area contributed by atoms with E-state index in [-0.39, 0.29) is 0 Å². The van der Waals surface area contributed by atoms with Gasteiger partial charge < -0.3 is 10.4 Å². The van der Waals surface area contributed by atoms with Gasteiger partial charge in [-0.05, 0) is 57.4 Å². The van der Waals surface area contributed by atoms with Crippen LogP contribution in [0.15, 0.2) is 0 Å². The summed E-state index contributed by atoms with van der Waals surface area (Å²) >= 11 is 0. The average Bonchev–Trinajstić information content (AvgIpc) is 3.06. The molecule has 0 radical (unpaired) electrons. The topological polar surface area (TPSA) is 35.5 Å². The molecule has 3 aliphatic rings. The van der Waals surface area contributed by atoms with E-state index in [0.717, 1.165) is 25.4 Å². The summed E-state index contributed by atoms with van der Waals surface area (Å²) < 4.78 is 0. The summed E-state index contributed by atoms with van der Waals surface area (Å²) in [6.45, 7) is 6.46.